The van der Waals surface area contributed by atoms with Crippen LogP contribution < -0.4 is 5.32 Å². The second-order valence-electron chi connectivity index (χ2n) is 2.79. The first-order valence-electron chi connectivity index (χ1n) is 4.11. The van der Waals surface area contributed by atoms with Crippen molar-refractivity contribution in [2.75, 3.05) is 11.9 Å². The van der Waals surface area contributed by atoms with E-state index in [-0.39, 0.29) is 0 Å². The topological polar surface area (TPSA) is 35.8 Å². The van der Waals surface area contributed by atoms with Crippen LogP contribution >= 0.6 is 15.9 Å². The highest BCUT2D eigenvalue weighted by atomic mass is 79.9. The molecule has 0 heterocycles. The molecule has 1 aromatic rings. The molecule has 0 saturated heterocycles. The maximum atomic E-state index is 8.36. The lowest BCUT2D eigenvalue weighted by Gasteiger charge is -2.07. The lowest BCUT2D eigenvalue weighted by atomic mass is 10.2. The largest absolute Gasteiger partial charge is 0.384 e. The van der Waals surface area contributed by atoms with E-state index in [1.54, 1.807) is 0 Å². The Morgan fingerprint density at radius 2 is 2.31 bits per heavy atom. The Kier molecular flexibility index (Phi) is 3.78. The lowest BCUT2D eigenvalue weighted by Crippen LogP contribution is -2.01. The van der Waals surface area contributed by atoms with Crippen LogP contribution in [0.1, 0.15) is 12.0 Å². The van der Waals surface area contributed by atoms with Crippen LogP contribution in [0, 0.1) is 18.3 Å². The number of rotatable bonds is 3. The molecule has 0 amide bonds. The second kappa shape index (κ2) is 4.88. The first-order chi connectivity index (χ1) is 6.24. The van der Waals surface area contributed by atoms with Gasteiger partial charge in [0.2, 0.25) is 0 Å². The van der Waals surface area contributed by atoms with Gasteiger partial charge in [-0.1, -0.05) is 15.9 Å². The Morgan fingerprint density at radius 3 is 2.92 bits per heavy atom. The lowest BCUT2D eigenvalue weighted by molar-refractivity contribution is 1.07. The second-order valence-corrected chi connectivity index (χ2v) is 3.71. The quantitative estimate of drug-likeness (QED) is 0.822. The average molecular weight is 239 g/mol. The summed E-state index contributed by atoms with van der Waals surface area (Å²) in [4.78, 5) is 0. The first kappa shape index (κ1) is 10.1. The normalized spacial score (nSPS) is 9.31. The summed E-state index contributed by atoms with van der Waals surface area (Å²) in [5.41, 5.74) is 2.28. The molecule has 1 N–H and O–H groups in total. The van der Waals surface area contributed by atoms with Crippen LogP contribution in [0.15, 0.2) is 22.7 Å². The van der Waals surface area contributed by atoms with Gasteiger partial charge >= 0.3 is 0 Å². The van der Waals surface area contributed by atoms with Gasteiger partial charge in [-0.2, -0.15) is 5.26 Å². The fraction of sp³-hybridized carbons (Fsp3) is 0.300. The van der Waals surface area contributed by atoms with Crippen molar-refractivity contribution in [1.29, 1.82) is 5.26 Å². The molecule has 13 heavy (non-hydrogen) atoms. The van der Waals surface area contributed by atoms with Gasteiger partial charge < -0.3 is 5.32 Å². The maximum absolute atomic E-state index is 8.36. The van der Waals surface area contributed by atoms with Crippen molar-refractivity contribution in [3.05, 3.63) is 28.2 Å². The predicted molar refractivity (Wildman–Crippen MR) is 57.6 cm³/mol. The number of benzene rings is 1. The molecule has 3 heteroatoms. The van der Waals surface area contributed by atoms with Gasteiger partial charge in [0, 0.05) is 16.7 Å². The van der Waals surface area contributed by atoms with Gasteiger partial charge in [0.25, 0.3) is 0 Å². The minimum Gasteiger partial charge on any atom is -0.384 e. The minimum absolute atomic E-state index is 0.537. The van der Waals surface area contributed by atoms with Crippen molar-refractivity contribution in [1.82, 2.24) is 0 Å². The zero-order chi connectivity index (χ0) is 9.68. The summed E-state index contributed by atoms with van der Waals surface area (Å²) in [6.07, 6.45) is 0.537. The third-order valence-corrected chi connectivity index (χ3v) is 2.23. The molecular weight excluding hydrogens is 228 g/mol. The molecule has 1 aromatic carbocycles. The number of hydrogen-bond donors (Lipinski definition) is 1. The van der Waals surface area contributed by atoms with Crippen molar-refractivity contribution >= 4 is 21.6 Å². The molecule has 2 nitrogen and oxygen atoms in total. The van der Waals surface area contributed by atoms with E-state index in [9.17, 15) is 0 Å². The summed E-state index contributed by atoms with van der Waals surface area (Å²) in [6.45, 7) is 2.75. The van der Waals surface area contributed by atoms with Gasteiger partial charge in [0.15, 0.2) is 0 Å². The van der Waals surface area contributed by atoms with Crippen LogP contribution in [0.3, 0.4) is 0 Å². The van der Waals surface area contributed by atoms with E-state index in [0.29, 0.717) is 13.0 Å². The molecule has 0 spiro atoms. The van der Waals surface area contributed by atoms with Crippen molar-refractivity contribution in [3.63, 3.8) is 0 Å². The highest BCUT2D eigenvalue weighted by molar-refractivity contribution is 9.10. The summed E-state index contributed by atoms with van der Waals surface area (Å²) in [7, 11) is 0. The Bertz CT molecular complexity index is 328. The Morgan fingerprint density at radius 1 is 1.54 bits per heavy atom. The molecule has 0 unspecified atom stereocenters. The standard InChI is InChI=1S/C10H11BrN2/c1-8-7-9(11)3-4-10(8)13-6-2-5-12/h3-4,7,13H,2,6H2,1H3. The molecular formula is C10H11BrN2. The van der Waals surface area contributed by atoms with Gasteiger partial charge in [0.05, 0.1) is 12.5 Å². The van der Waals surface area contributed by atoms with E-state index in [0.717, 1.165) is 10.2 Å². The molecule has 0 bridgehead atoms. The van der Waals surface area contributed by atoms with Crippen LogP contribution in [-0.4, -0.2) is 6.54 Å². The predicted octanol–water partition coefficient (Wildman–Crippen LogP) is 3.08. The number of nitriles is 1. The SMILES string of the molecule is Cc1cc(Br)ccc1NCCC#N. The van der Waals surface area contributed by atoms with Gasteiger partial charge in [0.1, 0.15) is 0 Å². The summed E-state index contributed by atoms with van der Waals surface area (Å²) < 4.78 is 1.08. The first-order valence-corrected chi connectivity index (χ1v) is 4.90. The number of halogens is 1. The molecule has 0 fully saturated rings. The third-order valence-electron chi connectivity index (χ3n) is 1.74. The summed E-state index contributed by atoms with van der Waals surface area (Å²) in [5.74, 6) is 0. The van der Waals surface area contributed by atoms with E-state index < -0.39 is 0 Å². The van der Waals surface area contributed by atoms with Crippen molar-refractivity contribution < 1.29 is 0 Å². The van der Waals surface area contributed by atoms with Gasteiger partial charge in [-0.25, -0.2) is 0 Å². The van der Waals surface area contributed by atoms with Crippen molar-refractivity contribution in [2.45, 2.75) is 13.3 Å². The smallest absolute Gasteiger partial charge is 0.0640 e. The Hall–Kier alpha value is -1.01. The van der Waals surface area contributed by atoms with E-state index in [1.165, 1.54) is 5.56 Å². The number of aryl methyl sites for hydroxylation is 1. The maximum Gasteiger partial charge on any atom is 0.0640 e. The van der Waals surface area contributed by atoms with Crippen LogP contribution in [0.2, 0.25) is 0 Å². The molecule has 0 saturated carbocycles. The van der Waals surface area contributed by atoms with Crippen LogP contribution in [0.5, 0.6) is 0 Å². The van der Waals surface area contributed by atoms with E-state index in [4.69, 9.17) is 5.26 Å². The number of nitrogens with one attached hydrogen (secondary N) is 1. The average Bonchev–Trinajstić information content (AvgIpc) is 2.09. The minimum atomic E-state index is 0.537. The van der Waals surface area contributed by atoms with Crippen LogP contribution in [-0.2, 0) is 0 Å². The molecule has 0 aliphatic heterocycles. The molecule has 0 aliphatic rings. The number of anilines is 1. The van der Waals surface area contributed by atoms with E-state index in [1.807, 2.05) is 19.1 Å². The summed E-state index contributed by atoms with van der Waals surface area (Å²) in [5, 5.41) is 11.6. The highest BCUT2D eigenvalue weighted by Gasteiger charge is 1.96. The van der Waals surface area contributed by atoms with Crippen LogP contribution in [0.4, 0.5) is 5.69 Å². The molecule has 68 valence electrons. The highest BCUT2D eigenvalue weighted by Crippen LogP contribution is 2.19. The third kappa shape index (κ3) is 3.08. The monoisotopic (exact) mass is 238 g/mol. The molecule has 0 atom stereocenters. The van der Waals surface area contributed by atoms with Crippen molar-refractivity contribution in [3.8, 4) is 6.07 Å². The fourth-order valence-electron chi connectivity index (χ4n) is 1.08. The summed E-state index contributed by atoms with van der Waals surface area (Å²) in [6, 6.07) is 8.15. The van der Waals surface area contributed by atoms with Gasteiger partial charge in [-0.3, -0.25) is 0 Å². The van der Waals surface area contributed by atoms with Crippen molar-refractivity contribution in [2.24, 2.45) is 0 Å². The van der Waals surface area contributed by atoms with E-state index >= 15 is 0 Å². The number of nitrogens with zero attached hydrogens (tertiary/aromatic N) is 1. The van der Waals surface area contributed by atoms with Gasteiger partial charge in [-0.15, -0.1) is 0 Å². The summed E-state index contributed by atoms with van der Waals surface area (Å²) >= 11 is 3.40. The van der Waals surface area contributed by atoms with E-state index in [2.05, 4.69) is 33.4 Å². The van der Waals surface area contributed by atoms with Gasteiger partial charge in [-0.05, 0) is 30.7 Å². The molecule has 1 rings (SSSR count). The number of hydrogen-bond acceptors (Lipinski definition) is 2. The Labute approximate surface area is 86.7 Å². The zero-order valence-corrected chi connectivity index (χ0v) is 9.06. The van der Waals surface area contributed by atoms with Crippen LogP contribution in [0.25, 0.3) is 0 Å². The fourth-order valence-corrected chi connectivity index (χ4v) is 1.55. The molecule has 0 aliphatic carbocycles. The molecule has 0 radical (unpaired) electrons. The Balaban J connectivity index is 2.62. The molecule has 0 aromatic heterocycles. The zero-order valence-electron chi connectivity index (χ0n) is 7.47.